The van der Waals surface area contributed by atoms with Crippen molar-refractivity contribution in [2.45, 2.75) is 42.4 Å². The number of ether oxygens (including phenoxy) is 2. The van der Waals surface area contributed by atoms with Crippen molar-refractivity contribution in [1.29, 1.82) is 0 Å². The van der Waals surface area contributed by atoms with Crippen LogP contribution in [0.4, 0.5) is 5.69 Å². The van der Waals surface area contributed by atoms with Crippen LogP contribution >= 0.6 is 0 Å². The zero-order valence-corrected chi connectivity index (χ0v) is 18.6. The van der Waals surface area contributed by atoms with Gasteiger partial charge in [-0.25, -0.2) is 4.98 Å². The Morgan fingerprint density at radius 2 is 2.09 bits per heavy atom. The zero-order chi connectivity index (χ0) is 21.8. The molecule has 3 heterocycles. The third-order valence-corrected chi connectivity index (χ3v) is 8.66. The Kier molecular flexibility index (Phi) is 3.47. The maximum absolute atomic E-state index is 12.7. The minimum atomic E-state index is -0.946. The Morgan fingerprint density at radius 1 is 1.25 bits per heavy atom. The topological polar surface area (TPSA) is 66.9 Å². The molecule has 3 unspecified atom stereocenters. The van der Waals surface area contributed by atoms with Crippen LogP contribution in [0.5, 0.6) is 11.5 Å². The average molecular weight is 430 g/mol. The lowest BCUT2D eigenvalue weighted by atomic mass is 9.49. The van der Waals surface area contributed by atoms with Crippen molar-refractivity contribution in [3.8, 4) is 11.5 Å². The third kappa shape index (κ3) is 1.89. The van der Waals surface area contributed by atoms with E-state index in [1.807, 2.05) is 25.2 Å². The van der Waals surface area contributed by atoms with E-state index in [1.165, 1.54) is 5.56 Å². The van der Waals surface area contributed by atoms with Gasteiger partial charge in [-0.2, -0.15) is 0 Å². The van der Waals surface area contributed by atoms with Gasteiger partial charge in [-0.05, 0) is 44.1 Å². The van der Waals surface area contributed by atoms with E-state index in [0.29, 0.717) is 6.42 Å². The van der Waals surface area contributed by atoms with Gasteiger partial charge in [0.25, 0.3) is 0 Å². The molecule has 1 aromatic heterocycles. The van der Waals surface area contributed by atoms with Gasteiger partial charge in [-0.3, -0.25) is 0 Å². The van der Waals surface area contributed by atoms with Crippen molar-refractivity contribution in [3.63, 3.8) is 0 Å². The van der Waals surface area contributed by atoms with Gasteiger partial charge in [-0.1, -0.05) is 24.3 Å². The number of aromatic nitrogens is 1. The largest absolute Gasteiger partial charge is 0.493 e. The predicted molar refractivity (Wildman–Crippen MR) is 123 cm³/mol. The Hall–Kier alpha value is -2.83. The molecule has 0 amide bonds. The molecule has 1 saturated heterocycles. The molecule has 1 spiro atoms. The molecule has 0 saturated carbocycles. The average Bonchev–Trinajstić information content (AvgIpc) is 3.15. The quantitative estimate of drug-likeness (QED) is 0.652. The second-order valence-corrected chi connectivity index (χ2v) is 9.77. The van der Waals surface area contributed by atoms with Gasteiger partial charge in [0.05, 0.1) is 29.3 Å². The number of hydrogen-bond acceptors (Lipinski definition) is 6. The standard InChI is InChI=1S/C26H27N3O3/c1-27-21-15-6-4-5-7-17(15)28-22-16(21)13-26(30)19-12-14-8-9-18(31-3)23-20(14)25(26,24(22)32-23)10-11-29(19)2/h4-9,19,24,30H,10-13H2,1-3H3,(H,27,28)/t19?,24?,25-,26?/m0/s1. The molecule has 4 atom stereocenters. The van der Waals surface area contributed by atoms with E-state index < -0.39 is 11.0 Å². The van der Waals surface area contributed by atoms with Crippen LogP contribution in [0.3, 0.4) is 0 Å². The van der Waals surface area contributed by atoms with Crippen molar-refractivity contribution in [2.75, 3.05) is 33.1 Å². The molecule has 0 radical (unpaired) electrons. The molecule has 2 aromatic carbocycles. The van der Waals surface area contributed by atoms with Crippen LogP contribution in [0.25, 0.3) is 10.9 Å². The van der Waals surface area contributed by atoms with E-state index >= 15 is 0 Å². The number of pyridine rings is 1. The summed E-state index contributed by atoms with van der Waals surface area (Å²) in [5, 5.41) is 17.2. The van der Waals surface area contributed by atoms with Gasteiger partial charge in [0.2, 0.25) is 0 Å². The number of fused-ring (bicyclic) bond motifs is 3. The molecule has 2 aliphatic carbocycles. The van der Waals surface area contributed by atoms with E-state index in [2.05, 4.69) is 35.5 Å². The van der Waals surface area contributed by atoms with Crippen molar-refractivity contribution in [1.82, 2.24) is 9.88 Å². The summed E-state index contributed by atoms with van der Waals surface area (Å²) in [5.41, 5.74) is 4.98. The number of para-hydroxylation sites is 1. The molecule has 4 aliphatic rings. The fraction of sp³-hybridized carbons (Fsp3) is 0.423. The summed E-state index contributed by atoms with van der Waals surface area (Å²) in [4.78, 5) is 7.49. The fourth-order valence-corrected chi connectivity index (χ4v) is 7.30. The second-order valence-electron chi connectivity index (χ2n) is 9.77. The minimum Gasteiger partial charge on any atom is -0.493 e. The fourth-order valence-electron chi connectivity index (χ4n) is 7.30. The molecule has 164 valence electrons. The zero-order valence-electron chi connectivity index (χ0n) is 18.6. The summed E-state index contributed by atoms with van der Waals surface area (Å²) < 4.78 is 12.5. The first-order valence-corrected chi connectivity index (χ1v) is 11.4. The van der Waals surface area contributed by atoms with Crippen LogP contribution in [0, 0.1) is 0 Å². The summed E-state index contributed by atoms with van der Waals surface area (Å²) in [6.07, 6.45) is 1.86. The molecule has 2 bridgehead atoms. The number of likely N-dealkylation sites (tertiary alicyclic amines) is 1. The number of aliphatic hydroxyl groups is 1. The molecule has 6 nitrogen and oxygen atoms in total. The van der Waals surface area contributed by atoms with E-state index in [1.54, 1.807) is 7.11 Å². The molecule has 6 heteroatoms. The summed E-state index contributed by atoms with van der Waals surface area (Å²) in [6.45, 7) is 0.921. The molecule has 7 rings (SSSR count). The highest BCUT2D eigenvalue weighted by atomic mass is 16.5. The summed E-state index contributed by atoms with van der Waals surface area (Å²) in [5.74, 6) is 1.54. The van der Waals surface area contributed by atoms with Crippen molar-refractivity contribution < 1.29 is 14.6 Å². The summed E-state index contributed by atoms with van der Waals surface area (Å²) in [6, 6.07) is 12.4. The van der Waals surface area contributed by atoms with Gasteiger partial charge in [0.1, 0.15) is 0 Å². The highest BCUT2D eigenvalue weighted by Crippen LogP contribution is 2.68. The van der Waals surface area contributed by atoms with E-state index in [-0.39, 0.29) is 12.1 Å². The first-order valence-electron chi connectivity index (χ1n) is 11.4. The van der Waals surface area contributed by atoms with Gasteiger partial charge < -0.3 is 24.8 Å². The summed E-state index contributed by atoms with van der Waals surface area (Å²) >= 11 is 0. The first-order chi connectivity index (χ1) is 15.5. The van der Waals surface area contributed by atoms with Gasteiger partial charge in [-0.15, -0.1) is 0 Å². The molecule has 2 N–H and O–H groups in total. The molecular formula is C26H27N3O3. The van der Waals surface area contributed by atoms with E-state index in [4.69, 9.17) is 14.5 Å². The van der Waals surface area contributed by atoms with Gasteiger partial charge in [0, 0.05) is 41.7 Å². The Balaban J connectivity index is 1.60. The highest BCUT2D eigenvalue weighted by Gasteiger charge is 2.72. The van der Waals surface area contributed by atoms with Gasteiger partial charge >= 0.3 is 0 Å². The number of hydrogen-bond donors (Lipinski definition) is 2. The van der Waals surface area contributed by atoms with E-state index in [9.17, 15) is 5.11 Å². The number of piperidine rings is 1. The Morgan fingerprint density at radius 3 is 2.91 bits per heavy atom. The van der Waals surface area contributed by atoms with Crippen molar-refractivity contribution in [3.05, 3.63) is 58.8 Å². The number of anilines is 1. The number of rotatable bonds is 2. The van der Waals surface area contributed by atoms with Crippen LogP contribution in [-0.2, 0) is 18.3 Å². The monoisotopic (exact) mass is 429 g/mol. The van der Waals surface area contributed by atoms with Crippen LogP contribution in [0.1, 0.15) is 34.9 Å². The van der Waals surface area contributed by atoms with Crippen LogP contribution in [0.2, 0.25) is 0 Å². The van der Waals surface area contributed by atoms with Crippen LogP contribution in [0.15, 0.2) is 36.4 Å². The number of methoxy groups -OCH3 is 1. The number of nitrogens with zero attached hydrogens (tertiary/aromatic N) is 2. The van der Waals surface area contributed by atoms with Crippen LogP contribution < -0.4 is 14.8 Å². The van der Waals surface area contributed by atoms with Gasteiger partial charge in [0.15, 0.2) is 17.6 Å². The van der Waals surface area contributed by atoms with E-state index in [0.717, 1.165) is 64.3 Å². The number of benzene rings is 2. The SMILES string of the molecule is CNc1c2c(nc3ccccc13)C1Oc3c(OC)ccc4c3[C@@]13CCN(C)C(C4)C3(O)C2. The molecule has 2 aliphatic heterocycles. The van der Waals surface area contributed by atoms with Crippen LogP contribution in [-0.4, -0.2) is 54.4 Å². The predicted octanol–water partition coefficient (Wildman–Crippen LogP) is 3.20. The Bertz CT molecular complexity index is 1310. The Labute approximate surface area is 187 Å². The number of nitrogens with one attached hydrogen (secondary N) is 1. The lowest BCUT2D eigenvalue weighted by Crippen LogP contribution is -2.74. The lowest BCUT2D eigenvalue weighted by molar-refractivity contribution is -0.167. The van der Waals surface area contributed by atoms with Crippen molar-refractivity contribution in [2.24, 2.45) is 0 Å². The first kappa shape index (κ1) is 18.7. The molecule has 1 fully saturated rings. The highest BCUT2D eigenvalue weighted by molar-refractivity contribution is 5.94. The smallest absolute Gasteiger partial charge is 0.166 e. The number of likely N-dealkylation sites (N-methyl/N-ethyl adjacent to an activating group) is 1. The minimum absolute atomic E-state index is 0.0264. The second kappa shape index (κ2) is 5.94. The normalized spacial score (nSPS) is 31.6. The lowest BCUT2D eigenvalue weighted by Gasteiger charge is -2.62. The molecule has 3 aromatic rings. The maximum atomic E-state index is 12.7. The maximum Gasteiger partial charge on any atom is 0.166 e. The summed E-state index contributed by atoms with van der Waals surface area (Å²) in [7, 11) is 5.78. The third-order valence-electron chi connectivity index (χ3n) is 8.66. The molecule has 32 heavy (non-hydrogen) atoms. The molecular weight excluding hydrogens is 402 g/mol. The van der Waals surface area contributed by atoms with Crippen molar-refractivity contribution >= 4 is 16.6 Å².